The molecule has 0 radical (unpaired) electrons. The van der Waals surface area contributed by atoms with E-state index in [2.05, 4.69) is 13.2 Å². The molecule has 3 nitrogen and oxygen atoms in total. The van der Waals surface area contributed by atoms with E-state index < -0.39 is 0 Å². The number of rotatable bonds is 2. The lowest BCUT2D eigenvalue weighted by atomic mass is 9.83. The average Bonchev–Trinajstić information content (AvgIpc) is 2.33. The lowest BCUT2D eigenvalue weighted by Gasteiger charge is -2.18. The first-order valence-electron chi connectivity index (χ1n) is 5.07. The quantitative estimate of drug-likeness (QED) is 0.837. The summed E-state index contributed by atoms with van der Waals surface area (Å²) < 4.78 is 0. The van der Waals surface area contributed by atoms with Crippen molar-refractivity contribution in [2.75, 3.05) is 0 Å². The van der Waals surface area contributed by atoms with E-state index in [0.717, 1.165) is 0 Å². The van der Waals surface area contributed by atoms with Gasteiger partial charge in [-0.2, -0.15) is 0 Å². The van der Waals surface area contributed by atoms with Crippen LogP contribution in [0.5, 0.6) is 0 Å². The molecule has 0 saturated heterocycles. The summed E-state index contributed by atoms with van der Waals surface area (Å²) in [7, 11) is 0. The molecule has 0 unspecified atom stereocenters. The number of hydrogen-bond acceptors (Lipinski definition) is 3. The van der Waals surface area contributed by atoms with Crippen molar-refractivity contribution in [1.82, 2.24) is 0 Å². The number of nitrogens with two attached hydrogens (primary N) is 1. The van der Waals surface area contributed by atoms with Gasteiger partial charge < -0.3 is 5.73 Å². The SMILES string of the molecule is C=CC1=C(C(=C)N)C(=O)c2ccccc2C1=O. The summed E-state index contributed by atoms with van der Waals surface area (Å²) in [6.07, 6.45) is 1.35. The minimum Gasteiger partial charge on any atom is -0.399 e. The fourth-order valence-corrected chi connectivity index (χ4v) is 1.91. The highest BCUT2D eigenvalue weighted by molar-refractivity contribution is 6.29. The molecule has 0 saturated carbocycles. The molecule has 84 valence electrons. The molecule has 1 aromatic carbocycles. The third-order valence-corrected chi connectivity index (χ3v) is 2.68. The average molecular weight is 225 g/mol. The van der Waals surface area contributed by atoms with Gasteiger partial charge >= 0.3 is 0 Å². The predicted octanol–water partition coefficient (Wildman–Crippen LogP) is 2.02. The molecule has 1 aromatic rings. The molecule has 2 rings (SSSR count). The van der Waals surface area contributed by atoms with E-state index in [9.17, 15) is 9.59 Å². The van der Waals surface area contributed by atoms with Crippen LogP contribution in [0.4, 0.5) is 0 Å². The van der Waals surface area contributed by atoms with Gasteiger partial charge in [-0.15, -0.1) is 0 Å². The summed E-state index contributed by atoms with van der Waals surface area (Å²) in [5, 5.41) is 0. The zero-order valence-corrected chi connectivity index (χ0v) is 9.19. The van der Waals surface area contributed by atoms with Crippen molar-refractivity contribution in [1.29, 1.82) is 0 Å². The number of carbonyl (C=O) groups excluding carboxylic acids is 2. The number of benzene rings is 1. The standard InChI is InChI=1S/C14H11NO2/c1-3-9-12(8(2)15)14(17)11-7-5-4-6-10(11)13(9)16/h3-7H,1-2,15H2. The molecule has 17 heavy (non-hydrogen) atoms. The highest BCUT2D eigenvalue weighted by atomic mass is 16.1. The molecule has 0 amide bonds. The van der Waals surface area contributed by atoms with Crippen LogP contribution >= 0.6 is 0 Å². The second kappa shape index (κ2) is 3.87. The largest absolute Gasteiger partial charge is 0.399 e. The van der Waals surface area contributed by atoms with Crippen LogP contribution < -0.4 is 5.73 Å². The van der Waals surface area contributed by atoms with Crippen molar-refractivity contribution in [3.63, 3.8) is 0 Å². The van der Waals surface area contributed by atoms with Gasteiger partial charge in [0.1, 0.15) is 0 Å². The van der Waals surface area contributed by atoms with E-state index >= 15 is 0 Å². The van der Waals surface area contributed by atoms with E-state index in [1.54, 1.807) is 24.3 Å². The lowest BCUT2D eigenvalue weighted by Crippen LogP contribution is -2.24. The maximum absolute atomic E-state index is 12.2. The van der Waals surface area contributed by atoms with E-state index in [0.29, 0.717) is 11.1 Å². The molecule has 1 aliphatic rings. The first-order valence-corrected chi connectivity index (χ1v) is 5.07. The van der Waals surface area contributed by atoms with Gasteiger partial charge in [0.05, 0.1) is 5.57 Å². The number of Topliss-reactive ketones (excluding diaryl/α,β-unsaturated/α-hetero) is 2. The van der Waals surface area contributed by atoms with Crippen molar-refractivity contribution < 1.29 is 9.59 Å². The minimum atomic E-state index is -0.275. The molecule has 0 aromatic heterocycles. The van der Waals surface area contributed by atoms with E-state index in [-0.39, 0.29) is 28.4 Å². The van der Waals surface area contributed by atoms with E-state index in [1.165, 1.54) is 6.08 Å². The zero-order valence-electron chi connectivity index (χ0n) is 9.19. The van der Waals surface area contributed by atoms with Gasteiger partial charge in [0.25, 0.3) is 0 Å². The Morgan fingerprint density at radius 1 is 1.12 bits per heavy atom. The highest BCUT2D eigenvalue weighted by Crippen LogP contribution is 2.28. The molecule has 0 bridgehead atoms. The fraction of sp³-hybridized carbons (Fsp3) is 0. The van der Waals surface area contributed by atoms with Crippen LogP contribution in [-0.2, 0) is 0 Å². The summed E-state index contributed by atoms with van der Waals surface area (Å²) in [4.78, 5) is 24.3. The topological polar surface area (TPSA) is 60.2 Å². The van der Waals surface area contributed by atoms with Gasteiger partial charge in [-0.25, -0.2) is 0 Å². The number of fused-ring (bicyclic) bond motifs is 1. The van der Waals surface area contributed by atoms with Gasteiger partial charge in [0.15, 0.2) is 11.6 Å². The first kappa shape index (κ1) is 11.1. The normalized spacial score (nSPS) is 14.6. The monoisotopic (exact) mass is 225 g/mol. The van der Waals surface area contributed by atoms with Crippen LogP contribution in [0, 0.1) is 0 Å². The van der Waals surface area contributed by atoms with Crippen LogP contribution in [0.2, 0.25) is 0 Å². The Morgan fingerprint density at radius 2 is 1.65 bits per heavy atom. The van der Waals surface area contributed by atoms with Crippen LogP contribution in [0.15, 0.2) is 60.3 Å². The number of ketones is 2. The van der Waals surface area contributed by atoms with E-state index in [1.807, 2.05) is 0 Å². The van der Waals surface area contributed by atoms with Crippen LogP contribution in [-0.4, -0.2) is 11.6 Å². The van der Waals surface area contributed by atoms with Crippen molar-refractivity contribution in [3.05, 3.63) is 71.5 Å². The third-order valence-electron chi connectivity index (χ3n) is 2.68. The van der Waals surface area contributed by atoms with Crippen molar-refractivity contribution >= 4 is 11.6 Å². The minimum absolute atomic E-state index is 0.0905. The molecule has 0 fully saturated rings. The van der Waals surface area contributed by atoms with Gasteiger partial charge in [-0.05, 0) is 0 Å². The number of hydrogen-bond donors (Lipinski definition) is 1. The second-order valence-corrected chi connectivity index (χ2v) is 3.72. The zero-order chi connectivity index (χ0) is 12.6. The van der Waals surface area contributed by atoms with Crippen LogP contribution in [0.3, 0.4) is 0 Å². The molecule has 0 spiro atoms. The summed E-state index contributed by atoms with van der Waals surface area (Å²) in [5.74, 6) is -0.514. The summed E-state index contributed by atoms with van der Waals surface area (Å²) in [5.41, 5.74) is 6.79. The first-order chi connectivity index (χ1) is 8.07. The third kappa shape index (κ3) is 1.52. The highest BCUT2D eigenvalue weighted by Gasteiger charge is 2.30. The molecule has 0 heterocycles. The Kier molecular flexibility index (Phi) is 2.52. The fourth-order valence-electron chi connectivity index (χ4n) is 1.91. The Labute approximate surface area is 98.9 Å². The van der Waals surface area contributed by atoms with E-state index in [4.69, 9.17) is 5.73 Å². The van der Waals surface area contributed by atoms with Crippen molar-refractivity contribution in [2.45, 2.75) is 0 Å². The number of carbonyl (C=O) groups is 2. The summed E-state index contributed by atoms with van der Waals surface area (Å²) >= 11 is 0. The molecule has 3 heteroatoms. The van der Waals surface area contributed by atoms with Gasteiger partial charge in [-0.3, -0.25) is 9.59 Å². The Balaban J connectivity index is 2.77. The second-order valence-electron chi connectivity index (χ2n) is 3.72. The lowest BCUT2D eigenvalue weighted by molar-refractivity contribution is 0.0979. The Morgan fingerprint density at radius 3 is 2.12 bits per heavy atom. The summed E-state index contributed by atoms with van der Waals surface area (Å²) in [6.45, 7) is 7.08. The molecular weight excluding hydrogens is 214 g/mol. The van der Waals surface area contributed by atoms with Crippen molar-refractivity contribution in [3.8, 4) is 0 Å². The van der Waals surface area contributed by atoms with Gasteiger partial charge in [0, 0.05) is 22.4 Å². The van der Waals surface area contributed by atoms with Gasteiger partial charge in [0.2, 0.25) is 0 Å². The van der Waals surface area contributed by atoms with Crippen LogP contribution in [0.1, 0.15) is 20.7 Å². The smallest absolute Gasteiger partial charge is 0.196 e. The van der Waals surface area contributed by atoms with Crippen molar-refractivity contribution in [2.24, 2.45) is 5.73 Å². The molecule has 0 aliphatic heterocycles. The molecule has 0 atom stereocenters. The molecule has 2 N–H and O–H groups in total. The predicted molar refractivity (Wildman–Crippen MR) is 65.7 cm³/mol. The molecular formula is C14H11NO2. The Hall–Kier alpha value is -2.42. The van der Waals surface area contributed by atoms with Crippen LogP contribution in [0.25, 0.3) is 0 Å². The summed E-state index contributed by atoms with van der Waals surface area (Å²) in [6, 6.07) is 6.65. The molecule has 1 aliphatic carbocycles. The maximum atomic E-state index is 12.2. The Bertz CT molecular complexity index is 594. The maximum Gasteiger partial charge on any atom is 0.196 e. The number of allylic oxidation sites excluding steroid dienone is 3. The van der Waals surface area contributed by atoms with Gasteiger partial charge in [-0.1, -0.05) is 43.5 Å².